The molecule has 0 aliphatic carbocycles. The first-order chi connectivity index (χ1) is 8.11. The smallest absolute Gasteiger partial charge is 0.205 e. The lowest BCUT2D eigenvalue weighted by molar-refractivity contribution is 0.273. The zero-order chi connectivity index (χ0) is 12.4. The van der Waals surface area contributed by atoms with E-state index in [0.29, 0.717) is 5.69 Å². The summed E-state index contributed by atoms with van der Waals surface area (Å²) in [5.74, 6) is -0.574. The van der Waals surface area contributed by atoms with Gasteiger partial charge in [0.05, 0.1) is 17.3 Å². The minimum absolute atomic E-state index is 0.00265. The van der Waals surface area contributed by atoms with Gasteiger partial charge in [-0.15, -0.1) is 0 Å². The number of benzene rings is 1. The van der Waals surface area contributed by atoms with Crippen molar-refractivity contribution in [2.45, 2.75) is 6.61 Å². The van der Waals surface area contributed by atoms with Gasteiger partial charge in [0.15, 0.2) is 0 Å². The Morgan fingerprint density at radius 3 is 2.82 bits per heavy atom. The summed E-state index contributed by atoms with van der Waals surface area (Å²) < 4.78 is 14.5. The molecule has 4 nitrogen and oxygen atoms in total. The third kappa shape index (κ3) is 2.35. The van der Waals surface area contributed by atoms with Crippen LogP contribution in [0.25, 0.3) is 5.69 Å². The summed E-state index contributed by atoms with van der Waals surface area (Å²) in [6.45, 7) is -0.463. The van der Waals surface area contributed by atoms with Gasteiger partial charge in [0.25, 0.3) is 0 Å². The van der Waals surface area contributed by atoms with Gasteiger partial charge in [0, 0.05) is 18.3 Å². The van der Waals surface area contributed by atoms with Crippen molar-refractivity contribution in [3.63, 3.8) is 0 Å². The molecule has 0 amide bonds. The van der Waals surface area contributed by atoms with Gasteiger partial charge in [-0.3, -0.25) is 4.79 Å². The minimum atomic E-state index is -0.574. The van der Waals surface area contributed by atoms with Crippen molar-refractivity contribution in [3.8, 4) is 5.69 Å². The number of nitrogens with zero attached hydrogens (tertiary/aromatic N) is 2. The second-order valence-electron chi connectivity index (χ2n) is 3.33. The van der Waals surface area contributed by atoms with E-state index in [2.05, 4.69) is 5.10 Å². The molecule has 0 aliphatic rings. The van der Waals surface area contributed by atoms with E-state index in [0.717, 1.165) is 0 Å². The highest BCUT2D eigenvalue weighted by Crippen LogP contribution is 2.17. The Bertz CT molecular complexity index is 613. The van der Waals surface area contributed by atoms with Crippen LogP contribution < -0.4 is 5.43 Å². The maximum atomic E-state index is 13.2. The number of halogens is 2. The Hall–Kier alpha value is -1.72. The van der Waals surface area contributed by atoms with Crippen LogP contribution in [-0.2, 0) is 6.61 Å². The predicted octanol–water partition coefficient (Wildman–Crippen LogP) is 1.52. The number of aliphatic hydroxyl groups excluding tert-OH is 1. The Morgan fingerprint density at radius 2 is 2.18 bits per heavy atom. The Labute approximate surface area is 101 Å². The fourth-order valence-electron chi connectivity index (χ4n) is 1.33. The standard InChI is InChI=1S/C11H8ClFN2O2/c12-8-2-1-7(5-9(8)13)15-4-3-11(17)10(6-16)14-15/h1-5,16H,6H2. The lowest BCUT2D eigenvalue weighted by Crippen LogP contribution is -2.15. The van der Waals surface area contributed by atoms with Gasteiger partial charge in [-0.05, 0) is 12.1 Å². The molecule has 88 valence electrons. The number of hydrogen-bond acceptors (Lipinski definition) is 3. The molecule has 0 saturated carbocycles. The maximum absolute atomic E-state index is 13.2. The third-order valence-corrected chi connectivity index (χ3v) is 2.50. The summed E-state index contributed by atoms with van der Waals surface area (Å²) in [6.07, 6.45) is 1.39. The van der Waals surface area contributed by atoms with E-state index in [-0.39, 0.29) is 16.1 Å². The van der Waals surface area contributed by atoms with E-state index < -0.39 is 12.4 Å². The lowest BCUT2D eigenvalue weighted by atomic mass is 10.3. The average molecular weight is 255 g/mol. The number of aliphatic hydroxyl groups is 1. The fourth-order valence-corrected chi connectivity index (χ4v) is 1.45. The quantitative estimate of drug-likeness (QED) is 0.884. The van der Waals surface area contributed by atoms with Crippen molar-refractivity contribution in [1.29, 1.82) is 0 Å². The molecule has 1 aromatic carbocycles. The second-order valence-corrected chi connectivity index (χ2v) is 3.73. The zero-order valence-electron chi connectivity index (χ0n) is 8.60. The van der Waals surface area contributed by atoms with Gasteiger partial charge in [-0.2, -0.15) is 5.10 Å². The Morgan fingerprint density at radius 1 is 1.41 bits per heavy atom. The normalized spacial score (nSPS) is 10.5. The summed E-state index contributed by atoms with van der Waals surface area (Å²) >= 11 is 5.56. The van der Waals surface area contributed by atoms with Crippen LogP contribution in [-0.4, -0.2) is 14.9 Å². The molecule has 0 bridgehead atoms. The van der Waals surface area contributed by atoms with Gasteiger partial charge in [0.2, 0.25) is 5.43 Å². The number of hydrogen-bond donors (Lipinski definition) is 1. The number of aromatic nitrogens is 2. The molecule has 0 spiro atoms. The molecule has 0 unspecified atom stereocenters. The first-order valence-electron chi connectivity index (χ1n) is 4.77. The van der Waals surface area contributed by atoms with Crippen LogP contribution in [0.15, 0.2) is 35.3 Å². The summed E-state index contributed by atoms with van der Waals surface area (Å²) in [5, 5.41) is 12.8. The van der Waals surface area contributed by atoms with Gasteiger partial charge >= 0.3 is 0 Å². The van der Waals surface area contributed by atoms with Crippen molar-refractivity contribution in [2.75, 3.05) is 0 Å². The highest BCUT2D eigenvalue weighted by atomic mass is 35.5. The molecule has 0 aliphatic heterocycles. The van der Waals surface area contributed by atoms with E-state index in [1.807, 2.05) is 0 Å². The van der Waals surface area contributed by atoms with Crippen LogP contribution in [0.3, 0.4) is 0 Å². The van der Waals surface area contributed by atoms with Crippen molar-refractivity contribution in [2.24, 2.45) is 0 Å². The van der Waals surface area contributed by atoms with Crippen LogP contribution in [0.4, 0.5) is 4.39 Å². The van der Waals surface area contributed by atoms with Crippen LogP contribution in [0.1, 0.15) is 5.69 Å². The second kappa shape index (κ2) is 4.65. The van der Waals surface area contributed by atoms with E-state index in [1.54, 1.807) is 6.07 Å². The number of rotatable bonds is 2. The maximum Gasteiger partial charge on any atom is 0.205 e. The first-order valence-corrected chi connectivity index (χ1v) is 5.15. The average Bonchev–Trinajstić information content (AvgIpc) is 2.33. The molecule has 2 aromatic rings. The minimum Gasteiger partial charge on any atom is -0.390 e. The van der Waals surface area contributed by atoms with Crippen LogP contribution in [0.5, 0.6) is 0 Å². The van der Waals surface area contributed by atoms with Gasteiger partial charge in [-0.25, -0.2) is 9.07 Å². The molecule has 17 heavy (non-hydrogen) atoms. The van der Waals surface area contributed by atoms with E-state index >= 15 is 0 Å². The lowest BCUT2D eigenvalue weighted by Gasteiger charge is -2.06. The van der Waals surface area contributed by atoms with Gasteiger partial charge in [-0.1, -0.05) is 11.6 Å². The first kappa shape index (κ1) is 11.8. The molecule has 0 fully saturated rings. The summed E-state index contributed by atoms with van der Waals surface area (Å²) in [4.78, 5) is 11.2. The zero-order valence-corrected chi connectivity index (χ0v) is 9.36. The molecule has 1 N–H and O–H groups in total. The highest BCUT2D eigenvalue weighted by Gasteiger charge is 2.05. The van der Waals surface area contributed by atoms with Crippen molar-refractivity contribution >= 4 is 11.6 Å². The van der Waals surface area contributed by atoms with Crippen LogP contribution in [0, 0.1) is 5.82 Å². The van der Waals surface area contributed by atoms with Crippen molar-refractivity contribution < 1.29 is 9.50 Å². The predicted molar refractivity (Wildman–Crippen MR) is 60.7 cm³/mol. The monoisotopic (exact) mass is 254 g/mol. The molecule has 1 aromatic heterocycles. The van der Waals surface area contributed by atoms with Crippen molar-refractivity contribution in [3.05, 3.63) is 57.2 Å². The van der Waals surface area contributed by atoms with E-state index in [9.17, 15) is 9.18 Å². The molecular formula is C11H8ClFN2O2. The summed E-state index contributed by atoms with van der Waals surface area (Å²) in [6, 6.07) is 5.40. The molecule has 0 atom stereocenters. The third-order valence-electron chi connectivity index (χ3n) is 2.20. The molecular weight excluding hydrogens is 247 g/mol. The molecule has 0 saturated heterocycles. The van der Waals surface area contributed by atoms with Crippen LogP contribution >= 0.6 is 11.6 Å². The van der Waals surface area contributed by atoms with E-state index in [4.69, 9.17) is 16.7 Å². The van der Waals surface area contributed by atoms with Gasteiger partial charge < -0.3 is 5.11 Å². The fraction of sp³-hybridized carbons (Fsp3) is 0.0909. The molecule has 1 heterocycles. The molecule has 2 rings (SSSR count). The Balaban J connectivity index is 2.53. The SMILES string of the molecule is O=c1ccn(-c2ccc(Cl)c(F)c2)nc1CO. The van der Waals surface area contributed by atoms with Crippen molar-refractivity contribution in [1.82, 2.24) is 9.78 Å². The summed E-state index contributed by atoms with van der Waals surface area (Å²) in [5.41, 5.74) is 0.0580. The topological polar surface area (TPSA) is 55.1 Å². The van der Waals surface area contributed by atoms with E-state index in [1.165, 1.54) is 29.1 Å². The van der Waals surface area contributed by atoms with Gasteiger partial charge in [0.1, 0.15) is 11.5 Å². The molecule has 6 heteroatoms. The Kier molecular flexibility index (Phi) is 3.21. The molecule has 0 radical (unpaired) electrons. The largest absolute Gasteiger partial charge is 0.390 e. The highest BCUT2D eigenvalue weighted by molar-refractivity contribution is 6.30. The van der Waals surface area contributed by atoms with Crippen LogP contribution in [0.2, 0.25) is 5.02 Å². The summed E-state index contributed by atoms with van der Waals surface area (Å²) in [7, 11) is 0.